The van der Waals surface area contributed by atoms with Gasteiger partial charge in [0.2, 0.25) is 0 Å². The van der Waals surface area contributed by atoms with E-state index in [1.54, 1.807) is 0 Å². The van der Waals surface area contributed by atoms with Gasteiger partial charge in [0, 0.05) is 5.57 Å². The number of carboxylic acid groups (broad SMARTS) is 1. The normalized spacial score (nSPS) is 14.1. The molecule has 22 heavy (non-hydrogen) atoms. The van der Waals surface area contributed by atoms with Crippen molar-refractivity contribution in [1.29, 1.82) is 0 Å². The van der Waals surface area contributed by atoms with Crippen LogP contribution in [0.2, 0.25) is 0 Å². The number of rotatable bonds is 13. The Morgan fingerprint density at radius 3 is 2.05 bits per heavy atom. The van der Waals surface area contributed by atoms with Crippen molar-refractivity contribution < 1.29 is 28.6 Å². The van der Waals surface area contributed by atoms with Crippen LogP contribution < -0.4 is 0 Å². The summed E-state index contributed by atoms with van der Waals surface area (Å²) >= 11 is 0. The molecule has 130 valence electrons. The van der Waals surface area contributed by atoms with E-state index in [-0.39, 0.29) is 18.6 Å². The standard InChI is InChI=1S/C15H29O6P/c1-4-6-10-20-22(19,21-11-7-5-2)14(12-16)9-8-13(3)15(17)18/h8,14,16H,4-7,9-12H2,1-3H3,(H,17,18). The molecule has 0 saturated carbocycles. The first-order chi connectivity index (χ1) is 10.4. The molecule has 0 aliphatic carbocycles. The molecule has 0 rings (SSSR count). The van der Waals surface area contributed by atoms with E-state index in [1.165, 1.54) is 13.0 Å². The van der Waals surface area contributed by atoms with E-state index in [2.05, 4.69) is 0 Å². The predicted octanol–water partition coefficient (Wildman–Crippen LogP) is 3.59. The number of allylic oxidation sites excluding steroid dienone is 1. The molecule has 1 atom stereocenters. The summed E-state index contributed by atoms with van der Waals surface area (Å²) in [6.07, 6.45) is 4.90. The van der Waals surface area contributed by atoms with Crippen molar-refractivity contribution in [2.75, 3.05) is 19.8 Å². The average molecular weight is 336 g/mol. The van der Waals surface area contributed by atoms with Gasteiger partial charge in [0.1, 0.15) is 0 Å². The highest BCUT2D eigenvalue weighted by atomic mass is 31.2. The Morgan fingerprint density at radius 2 is 1.68 bits per heavy atom. The molecule has 0 spiro atoms. The summed E-state index contributed by atoms with van der Waals surface area (Å²) in [5.74, 6) is -1.04. The molecule has 1 unspecified atom stereocenters. The van der Waals surface area contributed by atoms with Crippen LogP contribution in [0.4, 0.5) is 0 Å². The first-order valence-corrected chi connectivity index (χ1v) is 9.42. The van der Waals surface area contributed by atoms with Gasteiger partial charge in [0.05, 0.1) is 25.5 Å². The molecule has 0 heterocycles. The van der Waals surface area contributed by atoms with Crippen LogP contribution in [0, 0.1) is 0 Å². The lowest BCUT2D eigenvalue weighted by Gasteiger charge is -2.25. The van der Waals surface area contributed by atoms with Crippen LogP contribution in [0.5, 0.6) is 0 Å². The Hall–Kier alpha value is -0.680. The van der Waals surface area contributed by atoms with Crippen molar-refractivity contribution >= 4 is 13.6 Å². The molecule has 2 N–H and O–H groups in total. The molecule has 0 aromatic rings. The van der Waals surface area contributed by atoms with Crippen LogP contribution in [0.25, 0.3) is 0 Å². The number of aliphatic carboxylic acids is 1. The highest BCUT2D eigenvalue weighted by molar-refractivity contribution is 7.54. The number of carboxylic acids is 1. The molecule has 7 heteroatoms. The zero-order chi connectivity index (χ0) is 17.0. The number of aliphatic hydroxyl groups is 1. The fourth-order valence-corrected chi connectivity index (χ4v) is 3.45. The monoisotopic (exact) mass is 336 g/mol. The minimum Gasteiger partial charge on any atom is -0.478 e. The molecule has 0 aromatic carbocycles. The van der Waals surface area contributed by atoms with Crippen molar-refractivity contribution in [2.24, 2.45) is 0 Å². The molecular weight excluding hydrogens is 307 g/mol. The van der Waals surface area contributed by atoms with Gasteiger partial charge in [-0.1, -0.05) is 32.8 Å². The van der Waals surface area contributed by atoms with Crippen molar-refractivity contribution in [2.45, 2.75) is 58.5 Å². The van der Waals surface area contributed by atoms with Crippen LogP contribution in [-0.4, -0.2) is 41.7 Å². The Bertz CT molecular complexity index is 379. The van der Waals surface area contributed by atoms with Crippen LogP contribution in [0.1, 0.15) is 52.9 Å². The summed E-state index contributed by atoms with van der Waals surface area (Å²) in [5.41, 5.74) is -0.595. The Morgan fingerprint density at radius 1 is 1.18 bits per heavy atom. The third-order valence-corrected chi connectivity index (χ3v) is 5.58. The van der Waals surface area contributed by atoms with Crippen molar-refractivity contribution in [1.82, 2.24) is 0 Å². The van der Waals surface area contributed by atoms with E-state index in [4.69, 9.17) is 14.2 Å². The summed E-state index contributed by atoms with van der Waals surface area (Å²) < 4.78 is 23.8. The van der Waals surface area contributed by atoms with Gasteiger partial charge in [0.15, 0.2) is 0 Å². The summed E-state index contributed by atoms with van der Waals surface area (Å²) in [6.45, 7) is 5.68. The molecule has 0 saturated heterocycles. The van der Waals surface area contributed by atoms with E-state index in [9.17, 15) is 14.5 Å². The zero-order valence-corrected chi connectivity index (χ0v) is 14.7. The van der Waals surface area contributed by atoms with Crippen molar-refractivity contribution in [3.8, 4) is 0 Å². The number of hydrogen-bond acceptors (Lipinski definition) is 5. The average Bonchev–Trinajstić information content (AvgIpc) is 2.48. The van der Waals surface area contributed by atoms with Gasteiger partial charge < -0.3 is 19.3 Å². The second-order valence-corrected chi connectivity index (χ2v) is 7.50. The lowest BCUT2D eigenvalue weighted by Crippen LogP contribution is -2.18. The van der Waals surface area contributed by atoms with Crippen LogP contribution in [0.3, 0.4) is 0 Å². The minimum atomic E-state index is -3.46. The second kappa shape index (κ2) is 11.8. The molecule has 0 radical (unpaired) electrons. The Balaban J connectivity index is 4.93. The largest absolute Gasteiger partial charge is 0.478 e. The van der Waals surface area contributed by atoms with Gasteiger partial charge in [-0.05, 0) is 26.2 Å². The van der Waals surface area contributed by atoms with Crippen LogP contribution in [-0.2, 0) is 18.4 Å². The summed E-state index contributed by atoms with van der Waals surface area (Å²) in [4.78, 5) is 10.8. The number of unbranched alkanes of at least 4 members (excludes halogenated alkanes) is 2. The Kier molecular flexibility index (Phi) is 11.5. The van der Waals surface area contributed by atoms with E-state index >= 15 is 0 Å². The topological polar surface area (TPSA) is 93.1 Å². The third kappa shape index (κ3) is 8.08. The summed E-state index contributed by atoms with van der Waals surface area (Å²) in [6, 6.07) is 0. The molecule has 0 aliphatic heterocycles. The maximum absolute atomic E-state index is 12.9. The second-order valence-electron chi connectivity index (χ2n) is 5.18. The van der Waals surface area contributed by atoms with Crippen molar-refractivity contribution in [3.63, 3.8) is 0 Å². The summed E-state index contributed by atoms with van der Waals surface area (Å²) in [5, 5.41) is 18.4. The molecular formula is C15H29O6P. The SMILES string of the molecule is CCCCOP(=O)(OCCCC)C(CO)CC=C(C)C(=O)O. The molecule has 0 fully saturated rings. The predicted molar refractivity (Wildman–Crippen MR) is 86.2 cm³/mol. The summed E-state index contributed by atoms with van der Waals surface area (Å²) in [7, 11) is -3.46. The fraction of sp³-hybridized carbons (Fsp3) is 0.800. The van der Waals surface area contributed by atoms with E-state index < -0.39 is 19.2 Å². The van der Waals surface area contributed by atoms with Gasteiger partial charge in [-0.15, -0.1) is 0 Å². The smallest absolute Gasteiger partial charge is 0.336 e. The maximum atomic E-state index is 12.9. The first kappa shape index (κ1) is 21.3. The molecule has 0 amide bonds. The van der Waals surface area contributed by atoms with Crippen LogP contribution in [0.15, 0.2) is 11.6 Å². The lowest BCUT2D eigenvalue weighted by atomic mass is 10.2. The number of hydrogen-bond donors (Lipinski definition) is 2. The van der Waals surface area contributed by atoms with E-state index in [1.807, 2.05) is 13.8 Å². The maximum Gasteiger partial charge on any atom is 0.336 e. The van der Waals surface area contributed by atoms with Crippen molar-refractivity contribution in [3.05, 3.63) is 11.6 Å². The quantitative estimate of drug-likeness (QED) is 0.303. The van der Waals surface area contributed by atoms with E-state index in [0.29, 0.717) is 13.2 Å². The minimum absolute atomic E-state index is 0.143. The molecule has 6 nitrogen and oxygen atoms in total. The lowest BCUT2D eigenvalue weighted by molar-refractivity contribution is -0.132. The number of carbonyl (C=O) groups is 1. The molecule has 0 aliphatic rings. The zero-order valence-electron chi connectivity index (χ0n) is 13.8. The van der Waals surface area contributed by atoms with Gasteiger partial charge in [-0.2, -0.15) is 0 Å². The van der Waals surface area contributed by atoms with Gasteiger partial charge >= 0.3 is 13.6 Å². The Labute approximate surface area is 133 Å². The van der Waals surface area contributed by atoms with Gasteiger partial charge in [-0.25, -0.2) is 4.79 Å². The van der Waals surface area contributed by atoms with Crippen LogP contribution >= 0.6 is 7.60 Å². The van der Waals surface area contributed by atoms with Gasteiger partial charge in [-0.3, -0.25) is 4.57 Å². The third-order valence-electron chi connectivity index (χ3n) is 3.23. The highest BCUT2D eigenvalue weighted by Crippen LogP contribution is 2.54. The van der Waals surface area contributed by atoms with Gasteiger partial charge in [0.25, 0.3) is 0 Å². The molecule has 0 bridgehead atoms. The first-order valence-electron chi connectivity index (χ1n) is 7.80. The van der Waals surface area contributed by atoms with E-state index in [0.717, 1.165) is 25.7 Å². The highest BCUT2D eigenvalue weighted by Gasteiger charge is 2.34. The number of aliphatic hydroxyl groups excluding tert-OH is 1. The molecule has 0 aromatic heterocycles. The fourth-order valence-electron chi connectivity index (χ4n) is 1.62.